The Bertz CT molecular complexity index is 1320. The Morgan fingerprint density at radius 2 is 1.77 bits per heavy atom. The molecule has 0 spiro atoms. The van der Waals surface area contributed by atoms with E-state index in [0.717, 1.165) is 17.7 Å². The first kappa shape index (κ1) is 29.0. The SMILES string of the molecule is CCNCCNC(=O)CN(CC(=O)N(C)N1Cc2ccccc2C1)c1cc(-c2noc(C(F)(F)F)n2)ccc1C. The van der Waals surface area contributed by atoms with Gasteiger partial charge < -0.3 is 20.1 Å². The lowest BCUT2D eigenvalue weighted by Gasteiger charge is -2.32. The highest BCUT2D eigenvalue weighted by Gasteiger charge is 2.38. The van der Waals surface area contributed by atoms with Crippen molar-refractivity contribution >= 4 is 17.5 Å². The molecule has 1 aliphatic rings. The molecule has 1 aliphatic heterocycles. The normalized spacial score (nSPS) is 13.2. The molecule has 4 rings (SSSR count). The summed E-state index contributed by atoms with van der Waals surface area (Å²) in [5.41, 5.74) is 3.74. The second kappa shape index (κ2) is 12.5. The number of carbonyl (C=O) groups excluding carboxylic acids is 2. The Hall–Kier alpha value is -3.97. The molecule has 0 bridgehead atoms. The minimum Gasteiger partial charge on any atom is -0.353 e. The van der Waals surface area contributed by atoms with Crippen LogP contribution in [0, 0.1) is 6.92 Å². The van der Waals surface area contributed by atoms with Crippen LogP contribution in [-0.4, -0.2) is 71.7 Å². The quantitative estimate of drug-likeness (QED) is 0.346. The van der Waals surface area contributed by atoms with Gasteiger partial charge in [-0.2, -0.15) is 18.2 Å². The van der Waals surface area contributed by atoms with Gasteiger partial charge in [0.05, 0.1) is 13.1 Å². The number of rotatable bonds is 11. The monoisotopic (exact) mass is 559 g/mol. The fraction of sp³-hybridized carbons (Fsp3) is 0.407. The minimum absolute atomic E-state index is 0.143. The average Bonchev–Trinajstić information content (AvgIpc) is 3.58. The van der Waals surface area contributed by atoms with Crippen molar-refractivity contribution in [3.63, 3.8) is 0 Å². The standard InChI is InChI=1S/C27H32F3N7O3/c1-4-31-11-12-32-23(38)16-36(17-24(39)35(3)37-14-20-7-5-6-8-21(20)15-37)22-13-19(10-9-18(22)2)25-33-26(40-34-25)27(28,29)30/h5-10,13,31H,4,11-12,14-17H2,1-3H3,(H,32,38). The molecule has 2 amide bonds. The topological polar surface area (TPSA) is 107 Å². The Morgan fingerprint density at radius 1 is 1.07 bits per heavy atom. The zero-order chi connectivity index (χ0) is 28.9. The number of hydrogen-bond acceptors (Lipinski definition) is 8. The Labute approximate surface area is 230 Å². The third-order valence-corrected chi connectivity index (χ3v) is 6.62. The van der Waals surface area contributed by atoms with Gasteiger partial charge in [0.15, 0.2) is 0 Å². The van der Waals surface area contributed by atoms with Crippen molar-refractivity contribution in [3.05, 3.63) is 65.0 Å². The second-order valence-electron chi connectivity index (χ2n) is 9.49. The summed E-state index contributed by atoms with van der Waals surface area (Å²) in [6.07, 6.45) is -4.78. The summed E-state index contributed by atoms with van der Waals surface area (Å²) in [5.74, 6) is -2.26. The van der Waals surface area contributed by atoms with Gasteiger partial charge in [0.1, 0.15) is 0 Å². The molecule has 2 aromatic carbocycles. The predicted molar refractivity (Wildman–Crippen MR) is 142 cm³/mol. The third-order valence-electron chi connectivity index (χ3n) is 6.62. The van der Waals surface area contributed by atoms with Crippen LogP contribution in [0.1, 0.15) is 29.5 Å². The van der Waals surface area contributed by atoms with Crippen LogP contribution in [0.2, 0.25) is 0 Å². The molecular formula is C27H32F3N7O3. The van der Waals surface area contributed by atoms with Crippen LogP contribution in [-0.2, 0) is 28.9 Å². The lowest BCUT2D eigenvalue weighted by atomic mass is 10.1. The van der Waals surface area contributed by atoms with Crippen molar-refractivity contribution in [2.24, 2.45) is 0 Å². The first-order valence-electron chi connectivity index (χ1n) is 12.9. The molecule has 0 atom stereocenters. The zero-order valence-electron chi connectivity index (χ0n) is 22.6. The number of amides is 2. The summed E-state index contributed by atoms with van der Waals surface area (Å²) in [6, 6.07) is 12.8. The lowest BCUT2D eigenvalue weighted by molar-refractivity contribution is -0.159. The number of hydrogen-bond donors (Lipinski definition) is 2. The van der Waals surface area contributed by atoms with Crippen LogP contribution in [0.5, 0.6) is 0 Å². The first-order chi connectivity index (χ1) is 19.1. The molecule has 0 saturated carbocycles. The largest absolute Gasteiger partial charge is 0.471 e. The van der Waals surface area contributed by atoms with Crippen LogP contribution in [0.4, 0.5) is 18.9 Å². The molecule has 1 aromatic heterocycles. The van der Waals surface area contributed by atoms with Crippen LogP contribution in [0.3, 0.4) is 0 Å². The highest BCUT2D eigenvalue weighted by Crippen LogP contribution is 2.31. The summed E-state index contributed by atoms with van der Waals surface area (Å²) < 4.78 is 43.4. The van der Waals surface area contributed by atoms with E-state index in [1.807, 2.05) is 36.2 Å². The second-order valence-corrected chi connectivity index (χ2v) is 9.49. The van der Waals surface area contributed by atoms with Gasteiger partial charge in [0.2, 0.25) is 11.7 Å². The molecule has 0 saturated heterocycles. The van der Waals surface area contributed by atoms with Crippen molar-refractivity contribution in [2.75, 3.05) is 44.7 Å². The Balaban J connectivity index is 1.56. The van der Waals surface area contributed by atoms with Crippen LogP contribution in [0.25, 0.3) is 11.4 Å². The lowest BCUT2D eigenvalue weighted by Crippen LogP contribution is -2.48. The van der Waals surface area contributed by atoms with E-state index in [1.54, 1.807) is 42.1 Å². The van der Waals surface area contributed by atoms with E-state index < -0.39 is 12.1 Å². The van der Waals surface area contributed by atoms with E-state index >= 15 is 0 Å². The number of aromatic nitrogens is 2. The molecule has 0 aliphatic carbocycles. The Kier molecular flexibility index (Phi) is 9.05. The van der Waals surface area contributed by atoms with E-state index in [2.05, 4.69) is 25.3 Å². The van der Waals surface area contributed by atoms with Gasteiger partial charge in [-0.25, -0.2) is 5.01 Å². The van der Waals surface area contributed by atoms with Crippen LogP contribution >= 0.6 is 0 Å². The number of nitrogens with zero attached hydrogens (tertiary/aromatic N) is 5. The van der Waals surface area contributed by atoms with Gasteiger partial charge >= 0.3 is 12.1 Å². The summed E-state index contributed by atoms with van der Waals surface area (Å²) in [7, 11) is 1.68. The summed E-state index contributed by atoms with van der Waals surface area (Å²) in [6.45, 7) is 6.38. The first-order valence-corrected chi connectivity index (χ1v) is 12.9. The molecular weight excluding hydrogens is 527 g/mol. The molecule has 2 heterocycles. The maximum Gasteiger partial charge on any atom is 0.471 e. The number of halogens is 3. The fourth-order valence-electron chi connectivity index (χ4n) is 4.42. The predicted octanol–water partition coefficient (Wildman–Crippen LogP) is 2.99. The van der Waals surface area contributed by atoms with Gasteiger partial charge in [0.25, 0.3) is 5.91 Å². The number of fused-ring (bicyclic) bond motifs is 1. The number of benzene rings is 2. The van der Waals surface area contributed by atoms with Crippen molar-refractivity contribution < 1.29 is 27.3 Å². The number of aryl methyl sites for hydroxylation is 1. The number of likely N-dealkylation sites (N-methyl/N-ethyl adjacent to an activating group) is 2. The number of hydrazine groups is 1. The number of anilines is 1. The van der Waals surface area contributed by atoms with E-state index in [4.69, 9.17) is 0 Å². The van der Waals surface area contributed by atoms with E-state index in [9.17, 15) is 22.8 Å². The molecule has 0 radical (unpaired) electrons. The molecule has 214 valence electrons. The fourth-order valence-corrected chi connectivity index (χ4v) is 4.42. The van der Waals surface area contributed by atoms with E-state index in [-0.39, 0.29) is 36.3 Å². The van der Waals surface area contributed by atoms with Crippen molar-refractivity contribution in [1.29, 1.82) is 0 Å². The van der Waals surface area contributed by atoms with Crippen molar-refractivity contribution in [1.82, 2.24) is 30.8 Å². The summed E-state index contributed by atoms with van der Waals surface area (Å²) >= 11 is 0. The zero-order valence-corrected chi connectivity index (χ0v) is 22.6. The maximum atomic E-state index is 13.5. The smallest absolute Gasteiger partial charge is 0.353 e. The van der Waals surface area contributed by atoms with Crippen molar-refractivity contribution in [2.45, 2.75) is 33.1 Å². The summed E-state index contributed by atoms with van der Waals surface area (Å²) in [4.78, 5) is 31.4. The number of nitrogens with one attached hydrogen (secondary N) is 2. The molecule has 0 unspecified atom stereocenters. The highest BCUT2D eigenvalue weighted by atomic mass is 19.4. The summed E-state index contributed by atoms with van der Waals surface area (Å²) in [5, 5.41) is 12.9. The van der Waals surface area contributed by atoms with Gasteiger partial charge in [-0.15, -0.1) is 0 Å². The molecule has 13 heteroatoms. The molecule has 2 N–H and O–H groups in total. The molecule has 40 heavy (non-hydrogen) atoms. The van der Waals surface area contributed by atoms with Gasteiger partial charge in [-0.05, 0) is 36.2 Å². The number of alkyl halides is 3. The van der Waals surface area contributed by atoms with Gasteiger partial charge in [-0.3, -0.25) is 14.6 Å². The van der Waals surface area contributed by atoms with Gasteiger partial charge in [0, 0.05) is 44.5 Å². The van der Waals surface area contributed by atoms with E-state index in [1.165, 1.54) is 0 Å². The van der Waals surface area contributed by atoms with E-state index in [0.29, 0.717) is 37.4 Å². The maximum absolute atomic E-state index is 13.5. The van der Waals surface area contributed by atoms with Crippen LogP contribution in [0.15, 0.2) is 47.0 Å². The van der Waals surface area contributed by atoms with Crippen LogP contribution < -0.4 is 15.5 Å². The number of carbonyl (C=O) groups is 2. The van der Waals surface area contributed by atoms with Crippen molar-refractivity contribution in [3.8, 4) is 11.4 Å². The molecule has 10 nitrogen and oxygen atoms in total. The average molecular weight is 560 g/mol. The highest BCUT2D eigenvalue weighted by molar-refractivity contribution is 5.87. The molecule has 0 fully saturated rings. The minimum atomic E-state index is -4.78. The third kappa shape index (κ3) is 6.96. The Morgan fingerprint density at radius 3 is 2.40 bits per heavy atom. The van der Waals surface area contributed by atoms with Gasteiger partial charge in [-0.1, -0.05) is 48.5 Å². The molecule has 3 aromatic rings.